The summed E-state index contributed by atoms with van der Waals surface area (Å²) in [5.74, 6) is -0.153. The molecule has 0 unspecified atom stereocenters. The Kier molecular flexibility index (Phi) is 5.01. The Morgan fingerprint density at radius 3 is 2.58 bits per heavy atom. The Bertz CT molecular complexity index is 966. The monoisotopic (exact) mass is 375 g/mol. The number of aromatic hydroxyl groups is 1. The van der Waals surface area contributed by atoms with Gasteiger partial charge in [-0.2, -0.15) is 4.31 Å². The summed E-state index contributed by atoms with van der Waals surface area (Å²) in [5, 5.41) is 20.6. The second-order valence-corrected chi connectivity index (χ2v) is 7.80. The van der Waals surface area contributed by atoms with Crippen LogP contribution in [-0.2, 0) is 10.0 Å². The number of rotatable bonds is 5. The normalized spacial score (nSPS) is 15.5. The van der Waals surface area contributed by atoms with E-state index in [-0.39, 0.29) is 21.9 Å². The van der Waals surface area contributed by atoms with Crippen LogP contribution in [0.15, 0.2) is 52.4 Å². The lowest BCUT2D eigenvalue weighted by molar-refractivity contribution is -0.384. The van der Waals surface area contributed by atoms with E-state index in [0.717, 1.165) is 12.8 Å². The molecule has 1 saturated heterocycles. The quantitative estimate of drug-likeness (QED) is 0.490. The Morgan fingerprint density at radius 1 is 1.15 bits per heavy atom. The summed E-state index contributed by atoms with van der Waals surface area (Å²) < 4.78 is 26.6. The SMILES string of the molecule is O=[N+]([O-])c1ccc(O)c(C=Nc2cccc(S(=O)(=O)N3CCCC3)c2)c1. The first-order chi connectivity index (χ1) is 12.4. The molecule has 1 heterocycles. The molecule has 26 heavy (non-hydrogen) atoms. The number of phenols is 1. The van der Waals surface area contributed by atoms with E-state index in [1.165, 1.54) is 40.9 Å². The summed E-state index contributed by atoms with van der Waals surface area (Å²) in [6, 6.07) is 9.76. The van der Waals surface area contributed by atoms with Crippen LogP contribution in [0, 0.1) is 10.1 Å². The minimum absolute atomic E-state index is 0.150. The summed E-state index contributed by atoms with van der Waals surface area (Å²) >= 11 is 0. The number of nitro benzene ring substituents is 1. The van der Waals surface area contributed by atoms with Crippen LogP contribution < -0.4 is 0 Å². The molecule has 9 heteroatoms. The van der Waals surface area contributed by atoms with Gasteiger partial charge < -0.3 is 5.11 Å². The number of sulfonamides is 1. The predicted octanol–water partition coefficient (Wildman–Crippen LogP) is 2.84. The van der Waals surface area contributed by atoms with Crippen molar-refractivity contribution in [1.29, 1.82) is 0 Å². The number of benzene rings is 2. The van der Waals surface area contributed by atoms with E-state index in [1.807, 2.05) is 0 Å². The van der Waals surface area contributed by atoms with Gasteiger partial charge in [0.05, 0.1) is 15.5 Å². The number of phenolic OH excluding ortho intramolecular Hbond substituents is 1. The molecule has 2 aromatic carbocycles. The molecule has 0 atom stereocenters. The van der Waals surface area contributed by atoms with E-state index >= 15 is 0 Å². The average molecular weight is 375 g/mol. The molecule has 1 fully saturated rings. The zero-order valence-corrected chi connectivity index (χ0v) is 14.6. The standard InChI is InChI=1S/C17H17N3O5S/c21-17-7-6-15(20(22)23)10-13(17)12-18-14-4-3-5-16(11-14)26(24,25)19-8-1-2-9-19/h3-7,10-12,21H,1-2,8-9H2. The second kappa shape index (κ2) is 7.22. The molecule has 0 aliphatic carbocycles. The fourth-order valence-electron chi connectivity index (χ4n) is 2.70. The van der Waals surface area contributed by atoms with Crippen molar-refractivity contribution in [3.8, 4) is 5.75 Å². The number of aliphatic imine (C=N–C) groups is 1. The van der Waals surface area contributed by atoms with Gasteiger partial charge in [-0.25, -0.2) is 8.42 Å². The fraction of sp³-hybridized carbons (Fsp3) is 0.235. The van der Waals surface area contributed by atoms with Gasteiger partial charge in [-0.1, -0.05) is 6.07 Å². The van der Waals surface area contributed by atoms with Crippen molar-refractivity contribution in [2.24, 2.45) is 4.99 Å². The topological polar surface area (TPSA) is 113 Å². The Balaban J connectivity index is 1.89. The maximum absolute atomic E-state index is 12.6. The molecule has 0 amide bonds. The van der Waals surface area contributed by atoms with E-state index < -0.39 is 14.9 Å². The molecule has 0 spiro atoms. The average Bonchev–Trinajstić information content (AvgIpc) is 3.16. The minimum atomic E-state index is -3.55. The molecule has 0 saturated carbocycles. The number of nitrogens with zero attached hydrogens (tertiary/aromatic N) is 3. The van der Waals surface area contributed by atoms with Crippen LogP contribution in [0.1, 0.15) is 18.4 Å². The van der Waals surface area contributed by atoms with Crippen LogP contribution in [-0.4, -0.2) is 42.1 Å². The third-order valence-corrected chi connectivity index (χ3v) is 5.99. The molecule has 1 aliphatic rings. The van der Waals surface area contributed by atoms with Crippen LogP contribution in [0.5, 0.6) is 5.75 Å². The maximum Gasteiger partial charge on any atom is 0.270 e. The highest BCUT2D eigenvalue weighted by Gasteiger charge is 2.27. The van der Waals surface area contributed by atoms with E-state index in [9.17, 15) is 23.6 Å². The smallest absolute Gasteiger partial charge is 0.270 e. The summed E-state index contributed by atoms with van der Waals surface area (Å²) in [7, 11) is -3.55. The summed E-state index contributed by atoms with van der Waals surface area (Å²) in [6.45, 7) is 1.02. The fourth-order valence-corrected chi connectivity index (χ4v) is 4.26. The second-order valence-electron chi connectivity index (χ2n) is 5.87. The molecular formula is C17H17N3O5S. The lowest BCUT2D eigenvalue weighted by Crippen LogP contribution is -2.27. The molecular weight excluding hydrogens is 358 g/mol. The van der Waals surface area contributed by atoms with Gasteiger partial charge in [-0.05, 0) is 37.1 Å². The number of nitro groups is 1. The molecule has 0 aromatic heterocycles. The van der Waals surface area contributed by atoms with E-state index in [2.05, 4.69) is 4.99 Å². The van der Waals surface area contributed by atoms with Crippen LogP contribution in [0.4, 0.5) is 11.4 Å². The maximum atomic E-state index is 12.6. The van der Waals surface area contributed by atoms with Gasteiger partial charge in [0.1, 0.15) is 5.75 Å². The zero-order valence-electron chi connectivity index (χ0n) is 13.8. The van der Waals surface area contributed by atoms with Crippen molar-refractivity contribution >= 4 is 27.6 Å². The lowest BCUT2D eigenvalue weighted by atomic mass is 10.2. The van der Waals surface area contributed by atoms with Gasteiger partial charge in [0.25, 0.3) is 5.69 Å². The van der Waals surface area contributed by atoms with Gasteiger partial charge in [0, 0.05) is 37.0 Å². The molecule has 2 aromatic rings. The third kappa shape index (κ3) is 3.73. The molecule has 1 aliphatic heterocycles. The Hall–Kier alpha value is -2.78. The number of non-ortho nitro benzene ring substituents is 1. The van der Waals surface area contributed by atoms with Gasteiger partial charge >= 0.3 is 0 Å². The third-order valence-electron chi connectivity index (χ3n) is 4.10. The first-order valence-corrected chi connectivity index (χ1v) is 9.43. The number of hydrogen-bond donors (Lipinski definition) is 1. The molecule has 0 radical (unpaired) electrons. The van der Waals surface area contributed by atoms with Crippen molar-refractivity contribution in [3.63, 3.8) is 0 Å². The summed E-state index contributed by atoms with van der Waals surface area (Å²) in [5.41, 5.74) is 0.373. The highest BCUT2D eigenvalue weighted by molar-refractivity contribution is 7.89. The zero-order chi connectivity index (χ0) is 18.7. The molecule has 136 valence electrons. The first-order valence-electron chi connectivity index (χ1n) is 7.99. The van der Waals surface area contributed by atoms with E-state index in [1.54, 1.807) is 12.1 Å². The van der Waals surface area contributed by atoms with Crippen LogP contribution in [0.2, 0.25) is 0 Å². The number of hydrogen-bond acceptors (Lipinski definition) is 6. The highest BCUT2D eigenvalue weighted by Crippen LogP contribution is 2.25. The van der Waals surface area contributed by atoms with Crippen LogP contribution in [0.25, 0.3) is 0 Å². The first kappa shape index (κ1) is 18.0. The summed E-state index contributed by atoms with van der Waals surface area (Å²) in [6.07, 6.45) is 2.97. The summed E-state index contributed by atoms with van der Waals surface area (Å²) in [4.78, 5) is 14.6. The van der Waals surface area contributed by atoms with Gasteiger partial charge in [-0.3, -0.25) is 15.1 Å². The van der Waals surface area contributed by atoms with Crippen molar-refractivity contribution in [1.82, 2.24) is 4.31 Å². The molecule has 3 rings (SSSR count). The Morgan fingerprint density at radius 2 is 1.88 bits per heavy atom. The highest BCUT2D eigenvalue weighted by atomic mass is 32.2. The van der Waals surface area contributed by atoms with Crippen molar-refractivity contribution < 1.29 is 18.4 Å². The predicted molar refractivity (Wildman–Crippen MR) is 96.5 cm³/mol. The Labute approximate surface area is 150 Å². The largest absolute Gasteiger partial charge is 0.507 e. The van der Waals surface area contributed by atoms with Gasteiger partial charge in [0.2, 0.25) is 10.0 Å². The van der Waals surface area contributed by atoms with Crippen molar-refractivity contribution in [3.05, 3.63) is 58.1 Å². The van der Waals surface area contributed by atoms with E-state index in [0.29, 0.717) is 18.8 Å². The van der Waals surface area contributed by atoms with Gasteiger partial charge in [-0.15, -0.1) is 0 Å². The molecule has 1 N–H and O–H groups in total. The van der Waals surface area contributed by atoms with Crippen LogP contribution in [0.3, 0.4) is 0 Å². The molecule has 0 bridgehead atoms. The minimum Gasteiger partial charge on any atom is -0.507 e. The molecule has 8 nitrogen and oxygen atoms in total. The van der Waals surface area contributed by atoms with Gasteiger partial charge in [0.15, 0.2) is 0 Å². The van der Waals surface area contributed by atoms with Crippen LogP contribution >= 0.6 is 0 Å². The lowest BCUT2D eigenvalue weighted by Gasteiger charge is -2.15. The van der Waals surface area contributed by atoms with Crippen molar-refractivity contribution in [2.45, 2.75) is 17.7 Å². The van der Waals surface area contributed by atoms with E-state index in [4.69, 9.17) is 0 Å². The van der Waals surface area contributed by atoms with Crippen molar-refractivity contribution in [2.75, 3.05) is 13.1 Å².